The number of carbonyl (C=O) groups is 2. The van der Waals surface area contributed by atoms with Crippen LogP contribution in [-0.4, -0.2) is 11.7 Å². The van der Waals surface area contributed by atoms with Crippen LogP contribution in [0.2, 0.25) is 0 Å². The van der Waals surface area contributed by atoms with Crippen LogP contribution in [0, 0.1) is 0 Å². The molecule has 0 bridgehead atoms. The average molecular weight is 141 g/mol. The van der Waals surface area contributed by atoms with E-state index in [1.165, 1.54) is 13.0 Å². The van der Waals surface area contributed by atoms with Crippen molar-refractivity contribution in [2.75, 3.05) is 0 Å². The predicted molar refractivity (Wildman–Crippen MR) is 38.2 cm³/mol. The SMILES string of the molecule is CC(=O)C/C=C(\C)C(N)=O. The van der Waals surface area contributed by atoms with Gasteiger partial charge >= 0.3 is 0 Å². The molecule has 3 heteroatoms. The van der Waals surface area contributed by atoms with Gasteiger partial charge in [-0.25, -0.2) is 0 Å². The van der Waals surface area contributed by atoms with Crippen LogP contribution >= 0.6 is 0 Å². The maximum atomic E-state index is 10.4. The minimum Gasteiger partial charge on any atom is -0.366 e. The molecule has 0 atom stereocenters. The van der Waals surface area contributed by atoms with Crippen LogP contribution in [-0.2, 0) is 9.59 Å². The van der Waals surface area contributed by atoms with E-state index in [0.29, 0.717) is 5.57 Å². The van der Waals surface area contributed by atoms with Crippen LogP contribution < -0.4 is 5.73 Å². The molecule has 0 aromatic carbocycles. The molecule has 0 rings (SSSR count). The summed E-state index contributed by atoms with van der Waals surface area (Å²) in [5.74, 6) is -0.443. The van der Waals surface area contributed by atoms with E-state index in [-0.39, 0.29) is 12.2 Å². The zero-order valence-corrected chi connectivity index (χ0v) is 6.18. The summed E-state index contributed by atoms with van der Waals surface area (Å²) < 4.78 is 0. The first-order valence-corrected chi connectivity index (χ1v) is 3.00. The summed E-state index contributed by atoms with van der Waals surface area (Å²) in [5.41, 5.74) is 5.34. The van der Waals surface area contributed by atoms with Crippen molar-refractivity contribution in [1.82, 2.24) is 0 Å². The highest BCUT2D eigenvalue weighted by atomic mass is 16.1. The lowest BCUT2D eigenvalue weighted by Gasteiger charge is -1.90. The summed E-state index contributed by atoms with van der Waals surface area (Å²) in [7, 11) is 0. The molecular weight excluding hydrogens is 130 g/mol. The fraction of sp³-hybridized carbons (Fsp3) is 0.429. The van der Waals surface area contributed by atoms with Crippen LogP contribution in [0.25, 0.3) is 0 Å². The molecule has 3 nitrogen and oxygen atoms in total. The second kappa shape index (κ2) is 3.82. The van der Waals surface area contributed by atoms with E-state index >= 15 is 0 Å². The van der Waals surface area contributed by atoms with Gasteiger partial charge in [0.15, 0.2) is 0 Å². The normalized spacial score (nSPS) is 11.2. The van der Waals surface area contributed by atoms with E-state index in [9.17, 15) is 9.59 Å². The van der Waals surface area contributed by atoms with Crippen molar-refractivity contribution in [3.8, 4) is 0 Å². The summed E-state index contributed by atoms with van der Waals surface area (Å²) >= 11 is 0. The summed E-state index contributed by atoms with van der Waals surface area (Å²) in [6.45, 7) is 3.05. The van der Waals surface area contributed by atoms with Gasteiger partial charge in [-0.15, -0.1) is 0 Å². The first kappa shape index (κ1) is 8.88. The number of hydrogen-bond donors (Lipinski definition) is 1. The predicted octanol–water partition coefficient (Wildman–Crippen LogP) is 0.397. The number of amides is 1. The largest absolute Gasteiger partial charge is 0.366 e. The summed E-state index contributed by atoms with van der Waals surface area (Å²) in [5, 5.41) is 0. The lowest BCUT2D eigenvalue weighted by atomic mass is 10.2. The van der Waals surface area contributed by atoms with E-state index in [0.717, 1.165) is 0 Å². The molecule has 56 valence electrons. The average Bonchev–Trinajstić information content (AvgIpc) is 1.82. The van der Waals surface area contributed by atoms with Gasteiger partial charge in [0.25, 0.3) is 0 Å². The molecule has 0 spiro atoms. The molecule has 0 saturated carbocycles. The van der Waals surface area contributed by atoms with Crippen molar-refractivity contribution < 1.29 is 9.59 Å². The number of nitrogens with two attached hydrogens (primary N) is 1. The van der Waals surface area contributed by atoms with Crippen LogP contribution in [0.1, 0.15) is 20.3 Å². The highest BCUT2D eigenvalue weighted by Gasteiger charge is 1.96. The van der Waals surface area contributed by atoms with E-state index in [1.807, 2.05) is 0 Å². The van der Waals surface area contributed by atoms with Gasteiger partial charge in [0.1, 0.15) is 5.78 Å². The first-order chi connectivity index (χ1) is 4.54. The molecule has 0 unspecified atom stereocenters. The Morgan fingerprint density at radius 2 is 1.90 bits per heavy atom. The quantitative estimate of drug-likeness (QED) is 0.578. The number of allylic oxidation sites excluding steroid dienone is 1. The highest BCUT2D eigenvalue weighted by molar-refractivity contribution is 5.92. The zero-order chi connectivity index (χ0) is 8.15. The van der Waals surface area contributed by atoms with E-state index in [4.69, 9.17) is 5.73 Å². The van der Waals surface area contributed by atoms with Crippen molar-refractivity contribution in [2.24, 2.45) is 5.73 Å². The van der Waals surface area contributed by atoms with Crippen molar-refractivity contribution in [2.45, 2.75) is 20.3 Å². The maximum Gasteiger partial charge on any atom is 0.244 e. The smallest absolute Gasteiger partial charge is 0.244 e. The van der Waals surface area contributed by atoms with E-state index in [1.54, 1.807) is 6.92 Å². The second-order valence-corrected chi connectivity index (χ2v) is 2.16. The zero-order valence-electron chi connectivity index (χ0n) is 6.18. The van der Waals surface area contributed by atoms with E-state index in [2.05, 4.69) is 0 Å². The van der Waals surface area contributed by atoms with Gasteiger partial charge in [-0.3, -0.25) is 9.59 Å². The van der Waals surface area contributed by atoms with Gasteiger partial charge < -0.3 is 5.73 Å². The number of carbonyl (C=O) groups excluding carboxylic acids is 2. The van der Waals surface area contributed by atoms with Crippen LogP contribution in [0.4, 0.5) is 0 Å². The van der Waals surface area contributed by atoms with Gasteiger partial charge in [-0.2, -0.15) is 0 Å². The Morgan fingerprint density at radius 3 is 2.20 bits per heavy atom. The Kier molecular flexibility index (Phi) is 3.39. The molecule has 0 aliphatic carbocycles. The van der Waals surface area contributed by atoms with Crippen molar-refractivity contribution in [3.63, 3.8) is 0 Å². The Labute approximate surface area is 59.9 Å². The molecule has 0 aliphatic heterocycles. The summed E-state index contributed by atoms with van der Waals surface area (Å²) in [4.78, 5) is 20.7. The second-order valence-electron chi connectivity index (χ2n) is 2.16. The number of primary amides is 1. The topological polar surface area (TPSA) is 60.2 Å². The fourth-order valence-corrected chi connectivity index (χ4v) is 0.397. The highest BCUT2D eigenvalue weighted by Crippen LogP contribution is 1.93. The Hall–Kier alpha value is -1.12. The molecule has 0 heterocycles. The van der Waals surface area contributed by atoms with Gasteiger partial charge in [0.05, 0.1) is 0 Å². The third-order valence-corrected chi connectivity index (χ3v) is 1.08. The summed E-state index contributed by atoms with van der Waals surface area (Å²) in [6, 6.07) is 0. The molecule has 10 heavy (non-hydrogen) atoms. The molecule has 0 aromatic rings. The van der Waals surface area contributed by atoms with Gasteiger partial charge in [-0.1, -0.05) is 6.08 Å². The third-order valence-electron chi connectivity index (χ3n) is 1.08. The number of ketones is 1. The molecule has 1 amide bonds. The number of rotatable bonds is 3. The molecule has 0 saturated heterocycles. The lowest BCUT2D eigenvalue weighted by Crippen LogP contribution is -2.11. The Bertz CT molecular complexity index is 182. The fourth-order valence-electron chi connectivity index (χ4n) is 0.397. The molecule has 0 radical (unpaired) electrons. The van der Waals surface area contributed by atoms with Crippen molar-refractivity contribution in [1.29, 1.82) is 0 Å². The van der Waals surface area contributed by atoms with Gasteiger partial charge in [0.2, 0.25) is 5.91 Å². The summed E-state index contributed by atoms with van der Waals surface area (Å²) in [6.07, 6.45) is 1.82. The molecule has 2 N–H and O–H groups in total. The monoisotopic (exact) mass is 141 g/mol. The maximum absolute atomic E-state index is 10.4. The minimum atomic E-state index is -0.471. The van der Waals surface area contributed by atoms with E-state index < -0.39 is 5.91 Å². The number of Topliss-reactive ketones (excluding diaryl/α,β-unsaturated/α-hetero) is 1. The Balaban J connectivity index is 3.92. The molecule has 0 aromatic heterocycles. The van der Waals surface area contributed by atoms with Gasteiger partial charge in [-0.05, 0) is 13.8 Å². The first-order valence-electron chi connectivity index (χ1n) is 3.00. The van der Waals surface area contributed by atoms with Crippen LogP contribution in [0.15, 0.2) is 11.6 Å². The minimum absolute atomic E-state index is 0.0283. The number of hydrogen-bond acceptors (Lipinski definition) is 2. The third kappa shape index (κ3) is 3.83. The standard InChI is InChI=1S/C7H11NO2/c1-5(7(8)10)3-4-6(2)9/h3H,4H2,1-2H3,(H2,8,10)/b5-3+. The Morgan fingerprint density at radius 1 is 1.40 bits per heavy atom. The van der Waals surface area contributed by atoms with Crippen LogP contribution in [0.3, 0.4) is 0 Å². The lowest BCUT2D eigenvalue weighted by molar-refractivity contribution is -0.116. The van der Waals surface area contributed by atoms with Gasteiger partial charge in [0, 0.05) is 12.0 Å². The van der Waals surface area contributed by atoms with Crippen molar-refractivity contribution >= 4 is 11.7 Å². The molecular formula is C7H11NO2. The molecule has 0 fully saturated rings. The molecule has 0 aliphatic rings. The van der Waals surface area contributed by atoms with Crippen molar-refractivity contribution in [3.05, 3.63) is 11.6 Å². The van der Waals surface area contributed by atoms with Crippen LogP contribution in [0.5, 0.6) is 0 Å².